The molecular weight excluding hydrogens is 479 g/mol. The first-order valence-corrected chi connectivity index (χ1v) is 12.1. The van der Waals surface area contributed by atoms with Crippen molar-refractivity contribution in [1.29, 1.82) is 5.26 Å². The van der Waals surface area contributed by atoms with Crippen molar-refractivity contribution in [2.45, 2.75) is 37.0 Å². The van der Waals surface area contributed by atoms with Crippen LogP contribution in [0.5, 0.6) is 0 Å². The number of hydrogen-bond donors (Lipinski definition) is 2. The van der Waals surface area contributed by atoms with Crippen molar-refractivity contribution in [3.63, 3.8) is 0 Å². The fourth-order valence-corrected chi connectivity index (χ4v) is 5.84. The molecule has 0 spiro atoms. The minimum Gasteiger partial charge on any atom is -0.351 e. The van der Waals surface area contributed by atoms with Crippen LogP contribution in [0.25, 0.3) is 10.6 Å². The molecule has 0 unspecified atom stereocenters. The van der Waals surface area contributed by atoms with Gasteiger partial charge in [-0.3, -0.25) is 0 Å². The van der Waals surface area contributed by atoms with E-state index in [1.54, 1.807) is 6.92 Å². The van der Waals surface area contributed by atoms with Gasteiger partial charge in [-0.15, -0.1) is 11.3 Å². The maximum absolute atomic E-state index is 13.6. The molecule has 0 bridgehead atoms. The van der Waals surface area contributed by atoms with Crippen LogP contribution in [-0.4, -0.2) is 51.8 Å². The highest BCUT2D eigenvalue weighted by Crippen LogP contribution is 2.39. The number of halogens is 3. The number of rotatable bonds is 5. The fourth-order valence-electron chi connectivity index (χ4n) is 3.50. The van der Waals surface area contributed by atoms with Crippen molar-refractivity contribution in [2.24, 2.45) is 0 Å². The van der Waals surface area contributed by atoms with Crippen LogP contribution < -0.4 is 5.32 Å². The van der Waals surface area contributed by atoms with Crippen molar-refractivity contribution >= 4 is 27.3 Å². The molecule has 3 aromatic rings. The Morgan fingerprint density at radius 3 is 2.61 bits per heavy atom. The lowest BCUT2D eigenvalue weighted by Gasteiger charge is -2.31. The van der Waals surface area contributed by atoms with Crippen molar-refractivity contribution in [3.05, 3.63) is 40.8 Å². The molecule has 0 radical (unpaired) electrons. The second-order valence-corrected chi connectivity index (χ2v) is 10.5. The number of sulfonamides is 1. The van der Waals surface area contributed by atoms with Crippen molar-refractivity contribution in [3.8, 4) is 16.6 Å². The maximum atomic E-state index is 13.6. The highest BCUT2D eigenvalue weighted by atomic mass is 32.2. The zero-order valence-electron chi connectivity index (χ0n) is 17.2. The van der Waals surface area contributed by atoms with Gasteiger partial charge in [0.1, 0.15) is 11.6 Å². The van der Waals surface area contributed by atoms with Crippen molar-refractivity contribution in [2.75, 3.05) is 18.4 Å². The summed E-state index contributed by atoms with van der Waals surface area (Å²) in [6.07, 6.45) is -0.571. The summed E-state index contributed by atoms with van der Waals surface area (Å²) in [6, 6.07) is 3.13. The molecule has 4 heterocycles. The van der Waals surface area contributed by atoms with Crippen LogP contribution >= 0.6 is 11.3 Å². The first-order valence-electron chi connectivity index (χ1n) is 9.80. The molecule has 1 saturated heterocycles. The van der Waals surface area contributed by atoms with E-state index in [1.165, 1.54) is 22.9 Å². The normalized spacial score (nSPS) is 16.0. The number of nitrogens with one attached hydrogen (secondary N) is 2. The first-order chi connectivity index (χ1) is 15.6. The Morgan fingerprint density at radius 2 is 2.03 bits per heavy atom. The van der Waals surface area contributed by atoms with Gasteiger partial charge in [-0.1, -0.05) is 0 Å². The quantitative estimate of drug-likeness (QED) is 0.553. The predicted octanol–water partition coefficient (Wildman–Crippen LogP) is 3.39. The number of aromatic amines is 1. The molecule has 174 valence electrons. The van der Waals surface area contributed by atoms with E-state index < -0.39 is 21.8 Å². The van der Waals surface area contributed by atoms with Gasteiger partial charge in [0.05, 0.1) is 28.7 Å². The summed E-state index contributed by atoms with van der Waals surface area (Å²) < 4.78 is 67.2. The Bertz CT molecular complexity index is 1290. The van der Waals surface area contributed by atoms with Crippen LogP contribution in [-0.2, 0) is 16.2 Å². The molecule has 33 heavy (non-hydrogen) atoms. The molecule has 0 saturated carbocycles. The Hall–Kier alpha value is -3.02. The molecule has 14 heteroatoms. The van der Waals surface area contributed by atoms with Gasteiger partial charge in [0.2, 0.25) is 5.95 Å². The lowest BCUT2D eigenvalue weighted by molar-refractivity contribution is -0.137. The lowest BCUT2D eigenvalue weighted by Crippen LogP contribution is -2.42. The summed E-state index contributed by atoms with van der Waals surface area (Å²) in [7, 11) is -3.68. The first kappa shape index (κ1) is 23.1. The molecule has 0 aliphatic carbocycles. The number of H-pyrrole nitrogens is 1. The third-order valence-corrected chi connectivity index (χ3v) is 8.13. The average molecular weight is 498 g/mol. The van der Waals surface area contributed by atoms with Gasteiger partial charge >= 0.3 is 6.18 Å². The number of piperidine rings is 1. The van der Waals surface area contributed by atoms with E-state index >= 15 is 0 Å². The molecule has 0 amide bonds. The summed E-state index contributed by atoms with van der Waals surface area (Å²) in [5.74, 6) is 0.0115. The van der Waals surface area contributed by atoms with Gasteiger partial charge in [0.25, 0.3) is 10.0 Å². The van der Waals surface area contributed by atoms with Crippen LogP contribution in [0.1, 0.15) is 28.8 Å². The van der Waals surface area contributed by atoms with Crippen molar-refractivity contribution < 1.29 is 21.6 Å². The van der Waals surface area contributed by atoms with E-state index in [-0.39, 0.29) is 40.7 Å². The number of alkyl halides is 3. The van der Waals surface area contributed by atoms with Crippen LogP contribution in [0.15, 0.2) is 29.8 Å². The Morgan fingerprint density at radius 1 is 1.30 bits per heavy atom. The highest BCUT2D eigenvalue weighted by Gasteiger charge is 2.36. The predicted molar refractivity (Wildman–Crippen MR) is 114 cm³/mol. The van der Waals surface area contributed by atoms with E-state index in [1.807, 2.05) is 6.07 Å². The van der Waals surface area contributed by atoms with E-state index in [4.69, 9.17) is 5.26 Å². The van der Waals surface area contributed by atoms with Gasteiger partial charge in [-0.25, -0.2) is 23.4 Å². The average Bonchev–Trinajstić information content (AvgIpc) is 3.43. The number of nitrogens with zero attached hydrogens (tertiary/aromatic N) is 5. The van der Waals surface area contributed by atoms with Crippen LogP contribution in [0.2, 0.25) is 0 Å². The van der Waals surface area contributed by atoms with E-state index in [0.717, 1.165) is 17.5 Å². The standard InChI is InChI=1S/C19H18F3N7O2S2/c1-11-12(7-23)6-15(32-11)17-14(19(20,21)22)8-25-18(28-17)27-13-2-4-29(5-3-13)33(30,31)16-9-24-10-26-16/h6,8-10,13H,2-5H2,1H3,(H,24,26)(H,25,27,28). The summed E-state index contributed by atoms with van der Waals surface area (Å²) in [5.41, 5.74) is -0.991. The van der Waals surface area contributed by atoms with Gasteiger partial charge in [-0.2, -0.15) is 22.7 Å². The number of hydrogen-bond acceptors (Lipinski definition) is 8. The second kappa shape index (κ2) is 8.73. The lowest BCUT2D eigenvalue weighted by atomic mass is 10.1. The van der Waals surface area contributed by atoms with E-state index in [0.29, 0.717) is 23.3 Å². The smallest absolute Gasteiger partial charge is 0.351 e. The number of nitriles is 1. The van der Waals surface area contributed by atoms with Gasteiger partial charge in [0.15, 0.2) is 5.03 Å². The van der Waals surface area contributed by atoms with Crippen molar-refractivity contribution in [1.82, 2.24) is 24.2 Å². The number of anilines is 1. The van der Waals surface area contributed by atoms with Crippen LogP contribution in [0, 0.1) is 18.3 Å². The molecular formula is C19H18F3N7O2S2. The molecule has 4 rings (SSSR count). The van der Waals surface area contributed by atoms with Gasteiger partial charge < -0.3 is 10.3 Å². The molecule has 3 aromatic heterocycles. The molecule has 9 nitrogen and oxygen atoms in total. The SMILES string of the molecule is Cc1sc(-c2nc(NC3CCN(S(=O)(=O)c4cnc[nH]4)CC3)ncc2C(F)(F)F)cc1C#N. The molecule has 0 aromatic carbocycles. The number of aromatic nitrogens is 4. The zero-order valence-corrected chi connectivity index (χ0v) is 18.9. The molecule has 1 aliphatic heterocycles. The highest BCUT2D eigenvalue weighted by molar-refractivity contribution is 7.89. The molecule has 1 fully saturated rings. The largest absolute Gasteiger partial charge is 0.420 e. The third-order valence-electron chi connectivity index (χ3n) is 5.24. The van der Waals surface area contributed by atoms with Crippen LogP contribution in [0.3, 0.4) is 0 Å². The number of imidazole rings is 1. The summed E-state index contributed by atoms with van der Waals surface area (Å²) in [6.45, 7) is 2.11. The Balaban J connectivity index is 1.53. The third kappa shape index (κ3) is 4.70. The van der Waals surface area contributed by atoms with E-state index in [9.17, 15) is 21.6 Å². The molecule has 2 N–H and O–H groups in total. The number of thiophene rings is 1. The summed E-state index contributed by atoms with van der Waals surface area (Å²) in [4.78, 5) is 15.1. The molecule has 0 atom stereocenters. The minimum atomic E-state index is -4.66. The summed E-state index contributed by atoms with van der Waals surface area (Å²) >= 11 is 1.06. The fraction of sp³-hybridized carbons (Fsp3) is 0.368. The minimum absolute atomic E-state index is 0.00704. The topological polar surface area (TPSA) is 128 Å². The van der Waals surface area contributed by atoms with Gasteiger partial charge in [0, 0.05) is 30.2 Å². The van der Waals surface area contributed by atoms with Gasteiger partial charge in [-0.05, 0) is 25.8 Å². The monoisotopic (exact) mass is 497 g/mol. The van der Waals surface area contributed by atoms with Crippen LogP contribution in [0.4, 0.5) is 19.1 Å². The number of aryl methyl sites for hydroxylation is 1. The Labute approximate surface area is 191 Å². The Kier molecular flexibility index (Phi) is 6.12. The molecule has 1 aliphatic rings. The zero-order chi connectivity index (χ0) is 23.8. The summed E-state index contributed by atoms with van der Waals surface area (Å²) in [5, 5.41) is 12.2. The maximum Gasteiger partial charge on any atom is 0.420 e. The van der Waals surface area contributed by atoms with E-state index in [2.05, 4.69) is 25.3 Å². The second-order valence-electron chi connectivity index (χ2n) is 7.38.